The highest BCUT2D eigenvalue weighted by molar-refractivity contribution is 6.03. The van der Waals surface area contributed by atoms with Crippen LogP contribution in [0.25, 0.3) is 0 Å². The number of nitrogen functional groups attached to an aromatic ring is 1. The first-order valence-electron chi connectivity index (χ1n) is 8.49. The Kier molecular flexibility index (Phi) is 4.22. The molecule has 1 heterocycles. The lowest BCUT2D eigenvalue weighted by Gasteiger charge is -2.44. The van der Waals surface area contributed by atoms with Crippen molar-refractivity contribution in [1.82, 2.24) is 0 Å². The van der Waals surface area contributed by atoms with E-state index in [1.54, 1.807) is 0 Å². The molecule has 1 unspecified atom stereocenters. The van der Waals surface area contributed by atoms with Gasteiger partial charge >= 0.3 is 0 Å². The molecule has 0 bridgehead atoms. The molecule has 0 fully saturated rings. The molecule has 2 aromatic rings. The van der Waals surface area contributed by atoms with E-state index in [0.717, 1.165) is 17.0 Å². The molecule has 2 N–H and O–H groups in total. The van der Waals surface area contributed by atoms with Crippen molar-refractivity contribution in [3.8, 4) is 5.75 Å². The summed E-state index contributed by atoms with van der Waals surface area (Å²) in [5, 5.41) is 0. The maximum atomic E-state index is 13.4. The van der Waals surface area contributed by atoms with Gasteiger partial charge in [-0.3, -0.25) is 9.69 Å². The first kappa shape index (κ1) is 16.4. The highest BCUT2D eigenvalue weighted by atomic mass is 16.5. The van der Waals surface area contributed by atoms with Crippen LogP contribution in [0.4, 0.5) is 11.4 Å². The molecule has 1 atom stereocenters. The van der Waals surface area contributed by atoms with Crippen LogP contribution in [0.2, 0.25) is 0 Å². The van der Waals surface area contributed by atoms with E-state index in [4.69, 9.17) is 10.5 Å². The standard InChI is InChI=1S/C20H24N2O2/c1-4-20(5-2)19(23)22(14(3)15-9-7-6-8-10-15)17-13-16(21)11-12-18(17)24-20/h6-14H,4-5,21H2,1-3H3. The lowest BCUT2D eigenvalue weighted by atomic mass is 9.91. The van der Waals surface area contributed by atoms with Crippen molar-refractivity contribution < 1.29 is 9.53 Å². The van der Waals surface area contributed by atoms with Crippen LogP contribution in [-0.2, 0) is 4.79 Å². The summed E-state index contributed by atoms with van der Waals surface area (Å²) in [7, 11) is 0. The van der Waals surface area contributed by atoms with Gasteiger partial charge in [-0.1, -0.05) is 44.2 Å². The van der Waals surface area contributed by atoms with Crippen molar-refractivity contribution in [3.63, 3.8) is 0 Å². The second kappa shape index (κ2) is 6.19. The van der Waals surface area contributed by atoms with Gasteiger partial charge in [0.2, 0.25) is 0 Å². The highest BCUT2D eigenvalue weighted by Crippen LogP contribution is 2.45. The molecule has 0 saturated carbocycles. The third-order valence-electron chi connectivity index (χ3n) is 4.97. The molecule has 0 radical (unpaired) electrons. The van der Waals surface area contributed by atoms with Crippen LogP contribution in [0.15, 0.2) is 48.5 Å². The van der Waals surface area contributed by atoms with Crippen molar-refractivity contribution in [3.05, 3.63) is 54.1 Å². The number of carbonyl (C=O) groups is 1. The van der Waals surface area contributed by atoms with Crippen LogP contribution in [0.5, 0.6) is 5.75 Å². The number of hydrogen-bond acceptors (Lipinski definition) is 3. The van der Waals surface area contributed by atoms with E-state index >= 15 is 0 Å². The predicted octanol–water partition coefficient (Wildman–Crippen LogP) is 4.31. The summed E-state index contributed by atoms with van der Waals surface area (Å²) in [5.74, 6) is 0.720. The molecule has 4 heteroatoms. The molecule has 2 aromatic carbocycles. The Labute approximate surface area is 143 Å². The minimum atomic E-state index is -0.813. The van der Waals surface area contributed by atoms with Gasteiger partial charge < -0.3 is 10.5 Å². The Morgan fingerprint density at radius 1 is 1.12 bits per heavy atom. The fourth-order valence-corrected chi connectivity index (χ4v) is 3.35. The molecule has 24 heavy (non-hydrogen) atoms. The molecule has 0 saturated heterocycles. The van der Waals surface area contributed by atoms with E-state index < -0.39 is 5.60 Å². The third kappa shape index (κ3) is 2.52. The van der Waals surface area contributed by atoms with E-state index in [1.165, 1.54) is 0 Å². The molecular weight excluding hydrogens is 300 g/mol. The minimum Gasteiger partial charge on any atom is -0.475 e. The van der Waals surface area contributed by atoms with E-state index in [-0.39, 0.29) is 11.9 Å². The van der Waals surface area contributed by atoms with Crippen molar-refractivity contribution in [2.75, 3.05) is 10.6 Å². The summed E-state index contributed by atoms with van der Waals surface area (Å²) in [6.45, 7) is 6.03. The van der Waals surface area contributed by atoms with Gasteiger partial charge in [-0.15, -0.1) is 0 Å². The topological polar surface area (TPSA) is 55.6 Å². The van der Waals surface area contributed by atoms with Gasteiger partial charge in [0.05, 0.1) is 11.7 Å². The molecular formula is C20H24N2O2. The zero-order valence-electron chi connectivity index (χ0n) is 14.5. The zero-order valence-corrected chi connectivity index (χ0v) is 14.5. The number of benzene rings is 2. The summed E-state index contributed by atoms with van der Waals surface area (Å²) in [6.07, 6.45) is 1.26. The smallest absolute Gasteiger partial charge is 0.271 e. The van der Waals surface area contributed by atoms with E-state index in [9.17, 15) is 4.79 Å². The van der Waals surface area contributed by atoms with E-state index in [2.05, 4.69) is 0 Å². The molecule has 4 nitrogen and oxygen atoms in total. The van der Waals surface area contributed by atoms with Gasteiger partial charge in [0.15, 0.2) is 5.60 Å². The fraction of sp³-hybridized carbons (Fsp3) is 0.350. The summed E-state index contributed by atoms with van der Waals surface area (Å²) >= 11 is 0. The Bertz CT molecular complexity index is 739. The van der Waals surface area contributed by atoms with E-state index in [0.29, 0.717) is 18.5 Å². The number of hydrogen-bond donors (Lipinski definition) is 1. The summed E-state index contributed by atoms with van der Waals surface area (Å²) < 4.78 is 6.15. The SMILES string of the molecule is CCC1(CC)Oc2ccc(N)cc2N(C(C)c2ccccc2)C1=O. The quantitative estimate of drug-likeness (QED) is 0.852. The van der Waals surface area contributed by atoms with Crippen LogP contribution >= 0.6 is 0 Å². The molecule has 0 aromatic heterocycles. The van der Waals surface area contributed by atoms with Crippen LogP contribution in [0.1, 0.15) is 45.2 Å². The van der Waals surface area contributed by atoms with Crippen LogP contribution in [0.3, 0.4) is 0 Å². The molecule has 0 aliphatic carbocycles. The van der Waals surface area contributed by atoms with Gasteiger partial charge in [0, 0.05) is 5.69 Å². The molecule has 3 rings (SSSR count). The van der Waals surface area contributed by atoms with Crippen molar-refractivity contribution in [1.29, 1.82) is 0 Å². The Balaban J connectivity index is 2.15. The lowest BCUT2D eigenvalue weighted by Crippen LogP contribution is -2.56. The number of carbonyl (C=O) groups excluding carboxylic acids is 1. The number of amides is 1. The average Bonchev–Trinajstić information content (AvgIpc) is 2.62. The van der Waals surface area contributed by atoms with Crippen molar-refractivity contribution in [2.45, 2.75) is 45.3 Å². The molecule has 126 valence electrons. The maximum Gasteiger partial charge on any atom is 0.271 e. The third-order valence-corrected chi connectivity index (χ3v) is 4.97. The Morgan fingerprint density at radius 2 is 1.79 bits per heavy atom. The second-order valence-corrected chi connectivity index (χ2v) is 6.29. The number of anilines is 2. The van der Waals surface area contributed by atoms with E-state index in [1.807, 2.05) is 74.2 Å². The number of rotatable bonds is 4. The zero-order chi connectivity index (χ0) is 17.3. The molecule has 1 amide bonds. The molecule has 0 spiro atoms. The van der Waals surface area contributed by atoms with Gasteiger partial charge in [-0.2, -0.15) is 0 Å². The Morgan fingerprint density at radius 3 is 2.42 bits per heavy atom. The normalized spacial score (nSPS) is 17.1. The van der Waals surface area contributed by atoms with Crippen LogP contribution in [-0.4, -0.2) is 11.5 Å². The van der Waals surface area contributed by atoms with Gasteiger partial charge in [0.1, 0.15) is 5.75 Å². The van der Waals surface area contributed by atoms with Crippen molar-refractivity contribution in [2.24, 2.45) is 0 Å². The Hall–Kier alpha value is -2.49. The summed E-state index contributed by atoms with van der Waals surface area (Å²) in [6, 6.07) is 15.4. The lowest BCUT2D eigenvalue weighted by molar-refractivity contribution is -0.136. The minimum absolute atomic E-state index is 0.00181. The molecule has 1 aliphatic heterocycles. The first-order chi connectivity index (χ1) is 11.5. The van der Waals surface area contributed by atoms with Crippen LogP contribution in [0, 0.1) is 0 Å². The number of nitrogens with two attached hydrogens (primary N) is 1. The molecule has 1 aliphatic rings. The first-order valence-corrected chi connectivity index (χ1v) is 8.49. The average molecular weight is 324 g/mol. The predicted molar refractivity (Wildman–Crippen MR) is 97.1 cm³/mol. The summed E-state index contributed by atoms with van der Waals surface area (Å²) in [5.41, 5.74) is 7.61. The number of ether oxygens (including phenoxy) is 1. The number of nitrogens with zero attached hydrogens (tertiary/aromatic N) is 1. The summed E-state index contributed by atoms with van der Waals surface area (Å²) in [4.78, 5) is 15.2. The second-order valence-electron chi connectivity index (χ2n) is 6.29. The van der Waals surface area contributed by atoms with Gasteiger partial charge in [0.25, 0.3) is 5.91 Å². The van der Waals surface area contributed by atoms with Gasteiger partial charge in [-0.25, -0.2) is 0 Å². The number of fused-ring (bicyclic) bond motifs is 1. The fourth-order valence-electron chi connectivity index (χ4n) is 3.35. The van der Waals surface area contributed by atoms with Crippen molar-refractivity contribution >= 4 is 17.3 Å². The van der Waals surface area contributed by atoms with Gasteiger partial charge in [-0.05, 0) is 43.5 Å². The van der Waals surface area contributed by atoms with Crippen LogP contribution < -0.4 is 15.4 Å². The monoisotopic (exact) mass is 324 g/mol. The maximum absolute atomic E-state index is 13.4. The largest absolute Gasteiger partial charge is 0.475 e. The highest BCUT2D eigenvalue weighted by Gasteiger charge is 2.47.